The van der Waals surface area contributed by atoms with Crippen molar-refractivity contribution in [3.05, 3.63) is 34.9 Å². The zero-order valence-corrected chi connectivity index (χ0v) is 15.9. The average molecular weight is 341 g/mol. The van der Waals surface area contributed by atoms with Crippen LogP contribution in [0.3, 0.4) is 0 Å². The van der Waals surface area contributed by atoms with Crippen LogP contribution in [-0.2, 0) is 18.4 Å². The Kier molecular flexibility index (Phi) is 12.7. The molecule has 0 rings (SSSR count). The number of allylic oxidation sites excluding steroid dienone is 6. The first-order valence-electron chi connectivity index (χ1n) is 7.98. The van der Waals surface area contributed by atoms with Crippen LogP contribution >= 0.6 is 8.25 Å². The van der Waals surface area contributed by atoms with Crippen molar-refractivity contribution in [2.24, 2.45) is 0 Å². The maximum absolute atomic E-state index is 11.7. The van der Waals surface area contributed by atoms with Crippen LogP contribution in [0.15, 0.2) is 34.9 Å². The molecule has 0 aliphatic heterocycles. The number of hydrogen-bond acceptors (Lipinski definition) is 4. The first-order chi connectivity index (χ1) is 10.8. The number of hydrogen-bond donors (Lipinski definition) is 0. The molecule has 0 saturated carbocycles. The van der Waals surface area contributed by atoms with Gasteiger partial charge in [0.15, 0.2) is 5.78 Å². The Hall–Kier alpha value is -1.09. The van der Waals surface area contributed by atoms with Gasteiger partial charge in [-0.3, -0.25) is 4.79 Å². The third-order valence-electron chi connectivity index (χ3n) is 3.22. The highest BCUT2D eigenvalue weighted by Crippen LogP contribution is 2.21. The van der Waals surface area contributed by atoms with E-state index >= 15 is 0 Å². The second-order valence-electron chi connectivity index (χ2n) is 5.86. The molecule has 0 aliphatic rings. The third kappa shape index (κ3) is 14.2. The molecule has 130 valence electrons. The van der Waals surface area contributed by atoms with Crippen molar-refractivity contribution in [3.8, 4) is 0 Å². The number of carbonyl (C=O) groups is 1. The van der Waals surface area contributed by atoms with Crippen molar-refractivity contribution < 1.29 is 18.4 Å². The van der Waals surface area contributed by atoms with Gasteiger partial charge in [0.05, 0.1) is 7.11 Å². The Balaban J connectivity index is 4.02. The quantitative estimate of drug-likeness (QED) is 0.260. The Morgan fingerprint density at radius 2 is 1.57 bits per heavy atom. The Bertz CT molecular complexity index is 471. The predicted molar refractivity (Wildman–Crippen MR) is 95.6 cm³/mol. The van der Waals surface area contributed by atoms with Gasteiger partial charge in [0.1, 0.15) is 6.61 Å². The largest absolute Gasteiger partial charge is 0.697 e. The molecule has 0 radical (unpaired) electrons. The van der Waals surface area contributed by atoms with Crippen LogP contribution < -0.4 is 0 Å². The summed E-state index contributed by atoms with van der Waals surface area (Å²) in [6.45, 7) is 8.46. The van der Waals surface area contributed by atoms with Crippen LogP contribution in [0.2, 0.25) is 0 Å². The van der Waals surface area contributed by atoms with E-state index in [2.05, 4.69) is 37.4 Å². The van der Waals surface area contributed by atoms with Gasteiger partial charge >= 0.3 is 8.25 Å². The molecular formula is C18H30O4P+. The van der Waals surface area contributed by atoms with Crippen molar-refractivity contribution in [3.63, 3.8) is 0 Å². The lowest BCUT2D eigenvalue weighted by atomic mass is 10.1. The molecule has 0 N–H and O–H groups in total. The predicted octanol–water partition coefficient (Wildman–Crippen LogP) is 5.69. The molecule has 0 aromatic heterocycles. The molecule has 0 aliphatic carbocycles. The minimum absolute atomic E-state index is 0.00809. The molecule has 5 heteroatoms. The van der Waals surface area contributed by atoms with E-state index in [0.717, 1.165) is 31.3 Å². The van der Waals surface area contributed by atoms with Gasteiger partial charge in [0.25, 0.3) is 0 Å². The third-order valence-corrected chi connectivity index (χ3v) is 3.92. The first-order valence-corrected chi connectivity index (χ1v) is 9.08. The minimum atomic E-state index is -2.09. The standard InChI is InChI=1S/C18H30O4P/c1-15(2)8-6-9-16(3)10-7-11-17(4)14-18(19)12-13-22-23(20)21-5/h8,10,14H,6-7,9,11-13H2,1-5H3/q+1. The highest BCUT2D eigenvalue weighted by Gasteiger charge is 2.16. The molecule has 0 amide bonds. The zero-order chi connectivity index (χ0) is 17.7. The molecule has 23 heavy (non-hydrogen) atoms. The van der Waals surface area contributed by atoms with E-state index < -0.39 is 8.25 Å². The molecule has 1 atom stereocenters. The highest BCUT2D eigenvalue weighted by atomic mass is 31.1. The number of carbonyl (C=O) groups excluding carboxylic acids is 1. The Morgan fingerprint density at radius 1 is 0.957 bits per heavy atom. The lowest BCUT2D eigenvalue weighted by Crippen LogP contribution is -1.99. The molecular weight excluding hydrogens is 311 g/mol. The lowest BCUT2D eigenvalue weighted by Gasteiger charge is -2.01. The second-order valence-corrected chi connectivity index (χ2v) is 6.93. The summed E-state index contributed by atoms with van der Waals surface area (Å²) < 4.78 is 20.2. The number of ketones is 1. The Morgan fingerprint density at radius 3 is 2.17 bits per heavy atom. The Labute approximate surface area is 141 Å². The summed E-state index contributed by atoms with van der Waals surface area (Å²) in [6.07, 6.45) is 10.4. The van der Waals surface area contributed by atoms with Gasteiger partial charge in [-0.2, -0.15) is 0 Å². The van der Waals surface area contributed by atoms with E-state index in [0.29, 0.717) is 0 Å². The van der Waals surface area contributed by atoms with Gasteiger partial charge in [-0.25, -0.2) is 0 Å². The van der Waals surface area contributed by atoms with Gasteiger partial charge in [0, 0.05) is 11.0 Å². The topological polar surface area (TPSA) is 52.6 Å². The van der Waals surface area contributed by atoms with E-state index in [4.69, 9.17) is 4.52 Å². The van der Waals surface area contributed by atoms with Crippen molar-refractivity contribution in [2.45, 2.75) is 59.8 Å². The van der Waals surface area contributed by atoms with Gasteiger partial charge < -0.3 is 0 Å². The lowest BCUT2D eigenvalue weighted by molar-refractivity contribution is -0.115. The smallest absolute Gasteiger partial charge is 0.295 e. The van der Waals surface area contributed by atoms with Gasteiger partial charge in [-0.1, -0.05) is 28.9 Å². The van der Waals surface area contributed by atoms with Gasteiger partial charge in [-0.15, -0.1) is 9.05 Å². The highest BCUT2D eigenvalue weighted by molar-refractivity contribution is 7.33. The van der Waals surface area contributed by atoms with Crippen LogP contribution in [-0.4, -0.2) is 19.5 Å². The van der Waals surface area contributed by atoms with Gasteiger partial charge in [0.2, 0.25) is 0 Å². The molecule has 0 bridgehead atoms. The summed E-state index contributed by atoms with van der Waals surface area (Å²) in [5.74, 6) is -0.00809. The van der Waals surface area contributed by atoms with E-state index in [1.165, 1.54) is 18.3 Å². The minimum Gasteiger partial charge on any atom is -0.295 e. The van der Waals surface area contributed by atoms with Crippen LogP contribution in [0.25, 0.3) is 0 Å². The fraction of sp³-hybridized carbons (Fsp3) is 0.611. The summed E-state index contributed by atoms with van der Waals surface area (Å²) in [6, 6.07) is 0. The van der Waals surface area contributed by atoms with E-state index in [1.807, 2.05) is 6.92 Å². The summed E-state index contributed by atoms with van der Waals surface area (Å²) in [5, 5.41) is 0. The maximum atomic E-state index is 11.7. The number of rotatable bonds is 12. The zero-order valence-electron chi connectivity index (χ0n) is 15.1. The molecule has 0 aromatic rings. The van der Waals surface area contributed by atoms with Crippen molar-refractivity contribution in [1.29, 1.82) is 0 Å². The molecule has 1 unspecified atom stereocenters. The fourth-order valence-corrected chi connectivity index (χ4v) is 2.28. The molecule has 0 heterocycles. The van der Waals surface area contributed by atoms with Crippen LogP contribution in [0, 0.1) is 0 Å². The monoisotopic (exact) mass is 341 g/mol. The summed E-state index contributed by atoms with van der Waals surface area (Å²) >= 11 is 0. The SMILES string of the molecule is CO[P+](=O)OCCC(=O)C=C(C)CCC=C(C)CCC=C(C)C. The normalized spacial score (nSPS) is 13.0. The van der Waals surface area contributed by atoms with Crippen LogP contribution in [0.1, 0.15) is 59.8 Å². The fourth-order valence-electron chi connectivity index (χ4n) is 1.93. The first kappa shape index (κ1) is 21.9. The molecule has 0 spiro atoms. The molecule has 0 saturated heterocycles. The van der Waals surface area contributed by atoms with Crippen LogP contribution in [0.5, 0.6) is 0 Å². The van der Waals surface area contributed by atoms with Crippen molar-refractivity contribution in [1.82, 2.24) is 0 Å². The molecule has 0 fully saturated rings. The van der Waals surface area contributed by atoms with Crippen LogP contribution in [0.4, 0.5) is 0 Å². The van der Waals surface area contributed by atoms with Crippen molar-refractivity contribution >= 4 is 14.0 Å². The summed E-state index contributed by atoms with van der Waals surface area (Å²) in [5.41, 5.74) is 3.80. The summed E-state index contributed by atoms with van der Waals surface area (Å²) in [4.78, 5) is 11.7. The summed E-state index contributed by atoms with van der Waals surface area (Å²) in [7, 11) is -0.785. The second kappa shape index (κ2) is 13.4. The van der Waals surface area contributed by atoms with E-state index in [9.17, 15) is 9.36 Å². The maximum Gasteiger partial charge on any atom is 0.697 e. The molecule has 4 nitrogen and oxygen atoms in total. The van der Waals surface area contributed by atoms with E-state index in [-0.39, 0.29) is 18.8 Å². The van der Waals surface area contributed by atoms with Crippen molar-refractivity contribution in [2.75, 3.05) is 13.7 Å². The van der Waals surface area contributed by atoms with E-state index in [1.54, 1.807) is 6.08 Å². The van der Waals surface area contributed by atoms with Gasteiger partial charge in [-0.05, 0) is 59.5 Å². The average Bonchev–Trinajstić information content (AvgIpc) is 2.46. The molecule has 0 aromatic carbocycles.